The number of benzene rings is 5. The van der Waals surface area contributed by atoms with Crippen molar-refractivity contribution in [2.45, 2.75) is 25.0 Å². The van der Waals surface area contributed by atoms with Crippen molar-refractivity contribution in [1.82, 2.24) is 5.32 Å². The van der Waals surface area contributed by atoms with Gasteiger partial charge in [-0.05, 0) is 46.9 Å². The second-order valence-corrected chi connectivity index (χ2v) is 10.7. The van der Waals surface area contributed by atoms with Crippen molar-refractivity contribution in [3.63, 3.8) is 0 Å². The van der Waals surface area contributed by atoms with Gasteiger partial charge in [0.05, 0.1) is 5.41 Å². The zero-order valence-electron chi connectivity index (χ0n) is 22.2. The minimum Gasteiger partial charge on any atom is -0.456 e. The zero-order chi connectivity index (χ0) is 26.8. The quantitative estimate of drug-likeness (QED) is 0.203. The zero-order valence-corrected chi connectivity index (χ0v) is 22.2. The lowest BCUT2D eigenvalue weighted by Crippen LogP contribution is -2.36. The highest BCUT2D eigenvalue weighted by Gasteiger charge is 2.51. The molecular weight excluding hydrogens is 490 g/mol. The van der Waals surface area contributed by atoms with Crippen LogP contribution in [-0.2, 0) is 12.0 Å². The minimum absolute atomic E-state index is 0.151. The highest BCUT2D eigenvalue weighted by Crippen LogP contribution is 2.62. The molecule has 0 amide bonds. The van der Waals surface area contributed by atoms with E-state index in [9.17, 15) is 0 Å². The van der Waals surface area contributed by atoms with Crippen LogP contribution in [0.1, 0.15) is 52.0 Å². The Morgan fingerprint density at radius 1 is 0.775 bits per heavy atom. The number of anilines is 2. The van der Waals surface area contributed by atoms with Crippen molar-refractivity contribution in [2.75, 3.05) is 11.1 Å². The van der Waals surface area contributed by atoms with Crippen LogP contribution in [0, 0.1) is 0 Å². The molecule has 2 heterocycles. The largest absolute Gasteiger partial charge is 0.456 e. The third kappa shape index (κ3) is 3.00. The average Bonchev–Trinajstić information content (AvgIpc) is 3.29. The molecule has 4 nitrogen and oxygen atoms in total. The molecule has 1 atom stereocenters. The third-order valence-corrected chi connectivity index (χ3v) is 8.70. The van der Waals surface area contributed by atoms with Crippen LogP contribution in [0.3, 0.4) is 0 Å². The second-order valence-electron chi connectivity index (χ2n) is 10.7. The van der Waals surface area contributed by atoms with Crippen LogP contribution < -0.4 is 21.1 Å². The molecule has 0 aromatic heterocycles. The molecule has 40 heavy (non-hydrogen) atoms. The highest BCUT2D eigenvalue weighted by molar-refractivity contribution is 5.89. The predicted molar refractivity (Wildman–Crippen MR) is 163 cm³/mol. The fraction of sp³-hybridized carbons (Fsp3) is 0.111. The number of hydrogen-bond donors (Lipinski definition) is 3. The van der Waals surface area contributed by atoms with Gasteiger partial charge in [0.1, 0.15) is 17.7 Å². The van der Waals surface area contributed by atoms with Gasteiger partial charge in [-0.15, -0.1) is 0 Å². The van der Waals surface area contributed by atoms with E-state index in [1.165, 1.54) is 33.4 Å². The summed E-state index contributed by atoms with van der Waals surface area (Å²) in [6, 6.07) is 36.8. The summed E-state index contributed by atoms with van der Waals surface area (Å²) in [5, 5.41) is 7.49. The van der Waals surface area contributed by atoms with Gasteiger partial charge in [0.15, 0.2) is 0 Å². The summed E-state index contributed by atoms with van der Waals surface area (Å²) in [5.41, 5.74) is 18.6. The number of nitrogen functional groups attached to an aromatic ring is 1. The predicted octanol–water partition coefficient (Wildman–Crippen LogP) is 7.98. The number of rotatable bonds is 2. The molecule has 8 rings (SSSR count). The number of ether oxygens (including phenoxy) is 1. The normalized spacial score (nSPS) is 17.3. The van der Waals surface area contributed by atoms with Crippen molar-refractivity contribution in [2.24, 2.45) is 0 Å². The Labute approximate surface area is 234 Å². The first-order valence-electron chi connectivity index (χ1n) is 13.9. The van der Waals surface area contributed by atoms with Crippen molar-refractivity contribution in [3.05, 3.63) is 148 Å². The monoisotopic (exact) mass is 519 g/mol. The highest BCUT2D eigenvalue weighted by atomic mass is 16.5. The van der Waals surface area contributed by atoms with Crippen LogP contribution in [0.4, 0.5) is 11.4 Å². The van der Waals surface area contributed by atoms with Gasteiger partial charge in [-0.1, -0.05) is 103 Å². The molecule has 2 aliphatic heterocycles. The van der Waals surface area contributed by atoms with Gasteiger partial charge >= 0.3 is 0 Å². The molecule has 5 aromatic rings. The molecule has 3 aliphatic rings. The number of hydrogen-bond acceptors (Lipinski definition) is 4. The van der Waals surface area contributed by atoms with E-state index < -0.39 is 5.41 Å². The van der Waals surface area contributed by atoms with E-state index in [0.717, 1.165) is 46.1 Å². The van der Waals surface area contributed by atoms with Crippen molar-refractivity contribution >= 4 is 17.5 Å². The molecule has 1 aliphatic carbocycles. The molecule has 4 heteroatoms. The van der Waals surface area contributed by atoms with E-state index in [-0.39, 0.29) is 6.17 Å². The smallest absolute Gasteiger partial charge is 0.138 e. The summed E-state index contributed by atoms with van der Waals surface area (Å²) in [4.78, 5) is 0. The van der Waals surface area contributed by atoms with Crippen LogP contribution in [0.25, 0.3) is 17.2 Å². The first kappa shape index (κ1) is 23.1. The molecule has 0 saturated heterocycles. The Kier molecular flexibility index (Phi) is 4.97. The second kappa shape index (κ2) is 8.60. The van der Waals surface area contributed by atoms with Crippen LogP contribution in [0.15, 0.2) is 109 Å². The molecule has 194 valence electrons. The Bertz CT molecular complexity index is 1810. The summed E-state index contributed by atoms with van der Waals surface area (Å²) in [6.45, 7) is 2.75. The van der Waals surface area contributed by atoms with Crippen LogP contribution in [-0.4, -0.2) is 0 Å². The van der Waals surface area contributed by atoms with E-state index in [1.54, 1.807) is 0 Å². The Morgan fingerprint density at radius 2 is 1.45 bits per heavy atom. The van der Waals surface area contributed by atoms with E-state index in [2.05, 4.69) is 114 Å². The lowest BCUT2D eigenvalue weighted by atomic mass is 9.65. The first-order valence-corrected chi connectivity index (χ1v) is 13.9. The van der Waals surface area contributed by atoms with Crippen LogP contribution >= 0.6 is 0 Å². The number of allylic oxidation sites excluding steroid dienone is 1. The Morgan fingerprint density at radius 3 is 2.20 bits per heavy atom. The van der Waals surface area contributed by atoms with Gasteiger partial charge in [-0.2, -0.15) is 0 Å². The number of fused-ring (bicyclic) bond motifs is 10. The SMILES string of the molecule is C/C=C\c1c(N)ccc2c1NC(c1cccc3c1Oc1ccccc1C31c3ccccc3-c3ccccc31)NC2. The summed E-state index contributed by atoms with van der Waals surface area (Å²) in [6.07, 6.45) is 3.97. The maximum absolute atomic E-state index is 6.85. The molecule has 1 unspecified atom stereocenters. The van der Waals surface area contributed by atoms with Crippen LogP contribution in [0.2, 0.25) is 0 Å². The lowest BCUT2D eigenvalue weighted by molar-refractivity contribution is 0.420. The Hall–Kier alpha value is -4.80. The number of nitrogens with two attached hydrogens (primary N) is 1. The number of para-hydroxylation sites is 2. The molecule has 0 fully saturated rings. The van der Waals surface area contributed by atoms with E-state index >= 15 is 0 Å². The fourth-order valence-electron chi connectivity index (χ4n) is 7.07. The van der Waals surface area contributed by atoms with E-state index in [1.807, 2.05) is 19.1 Å². The van der Waals surface area contributed by atoms with Gasteiger partial charge in [0, 0.05) is 40.2 Å². The molecule has 4 N–H and O–H groups in total. The van der Waals surface area contributed by atoms with Crippen molar-refractivity contribution in [1.29, 1.82) is 0 Å². The third-order valence-electron chi connectivity index (χ3n) is 8.70. The first-order chi connectivity index (χ1) is 19.7. The van der Waals surface area contributed by atoms with Gasteiger partial charge in [0.25, 0.3) is 0 Å². The summed E-state index contributed by atoms with van der Waals surface area (Å²) in [5.74, 6) is 1.79. The lowest BCUT2D eigenvalue weighted by Gasteiger charge is -2.41. The average molecular weight is 520 g/mol. The van der Waals surface area contributed by atoms with Crippen molar-refractivity contribution < 1.29 is 4.74 Å². The molecular formula is C36H29N3O. The molecule has 0 saturated carbocycles. The van der Waals surface area contributed by atoms with E-state index in [0.29, 0.717) is 0 Å². The molecule has 5 aromatic carbocycles. The molecule has 1 spiro atoms. The maximum Gasteiger partial charge on any atom is 0.138 e. The van der Waals surface area contributed by atoms with Gasteiger partial charge in [0.2, 0.25) is 0 Å². The molecule has 0 radical (unpaired) electrons. The van der Waals surface area contributed by atoms with Crippen molar-refractivity contribution in [3.8, 4) is 22.6 Å². The van der Waals surface area contributed by atoms with E-state index in [4.69, 9.17) is 10.5 Å². The summed E-state index contributed by atoms with van der Waals surface area (Å²) in [7, 11) is 0. The standard InChI is InChI=1S/C36H29N3O/c1-2-10-25-31(37)20-19-22-21-38-35(39-33(22)25)26-13-9-17-30-34(26)40-32-18-8-7-16-29(32)36(30)27-14-5-3-11-23(27)24-12-4-6-15-28(24)36/h2-20,35,38-39H,21,37H2,1H3/b10-2-. The van der Waals surface area contributed by atoms with Gasteiger partial charge in [-0.3, -0.25) is 5.32 Å². The van der Waals surface area contributed by atoms with Crippen LogP contribution in [0.5, 0.6) is 11.5 Å². The fourth-order valence-corrected chi connectivity index (χ4v) is 7.07. The van der Waals surface area contributed by atoms with Gasteiger partial charge in [-0.25, -0.2) is 0 Å². The summed E-state index contributed by atoms with van der Waals surface area (Å²) >= 11 is 0. The topological polar surface area (TPSA) is 59.3 Å². The molecule has 0 bridgehead atoms. The Balaban J connectivity index is 1.37. The van der Waals surface area contributed by atoms with Gasteiger partial charge < -0.3 is 15.8 Å². The maximum atomic E-state index is 6.85. The minimum atomic E-state index is -0.472. The summed E-state index contributed by atoms with van der Waals surface area (Å²) < 4.78 is 6.85. The number of nitrogens with one attached hydrogen (secondary N) is 2.